The van der Waals surface area contributed by atoms with E-state index in [0.717, 1.165) is 71.3 Å². The predicted molar refractivity (Wildman–Crippen MR) is 229 cm³/mol. The average Bonchev–Trinajstić information content (AvgIpc) is 3.55. The standard InChI is InChI=1S/C51H86N4/c1-33-15-13-19-36(31-33)37-25-26-40-41-27-30-50(3)28-11-9-23-43(50)46(41)55(45(40)32-37)51(4)29-12-10-24-44(51)49-53-47(38-20-7-5-16-34(38)2)52-48(54-49)42-22-14-18-35-17-6-8-21-39(35)42/h5,7,33-49,52-54H,6,8-32H2,1-4H3. The Morgan fingerprint density at radius 3 is 2.02 bits per heavy atom. The van der Waals surface area contributed by atoms with E-state index in [1.807, 2.05) is 0 Å². The minimum absolute atomic E-state index is 0.271. The van der Waals surface area contributed by atoms with Crippen molar-refractivity contribution in [2.24, 2.45) is 76.4 Å². The maximum atomic E-state index is 4.59. The zero-order valence-corrected chi connectivity index (χ0v) is 36.3. The molecule has 10 rings (SSSR count). The Labute approximate surface area is 339 Å². The van der Waals surface area contributed by atoms with Gasteiger partial charge in [0.05, 0.1) is 18.5 Å². The van der Waals surface area contributed by atoms with Crippen molar-refractivity contribution in [3.63, 3.8) is 0 Å². The van der Waals surface area contributed by atoms with Crippen LogP contribution in [0.5, 0.6) is 0 Å². The van der Waals surface area contributed by atoms with Crippen molar-refractivity contribution >= 4 is 0 Å². The van der Waals surface area contributed by atoms with Crippen LogP contribution in [0.4, 0.5) is 0 Å². The van der Waals surface area contributed by atoms with Gasteiger partial charge in [-0.1, -0.05) is 110 Å². The summed E-state index contributed by atoms with van der Waals surface area (Å²) >= 11 is 0. The summed E-state index contributed by atoms with van der Waals surface area (Å²) in [5.74, 6) is 10.6. The summed E-state index contributed by atoms with van der Waals surface area (Å²) in [6.45, 7) is 10.8. The van der Waals surface area contributed by atoms with Crippen LogP contribution in [0.15, 0.2) is 12.2 Å². The fourth-order valence-corrected chi connectivity index (χ4v) is 17.9. The number of hydrogen-bond donors (Lipinski definition) is 3. The third-order valence-corrected chi connectivity index (χ3v) is 20.7. The maximum absolute atomic E-state index is 4.59. The highest BCUT2D eigenvalue weighted by Crippen LogP contribution is 2.64. The van der Waals surface area contributed by atoms with Gasteiger partial charge in [0.2, 0.25) is 0 Å². The first kappa shape index (κ1) is 38.8. The summed E-state index contributed by atoms with van der Waals surface area (Å²) in [5, 5.41) is 13.6. The van der Waals surface area contributed by atoms with Crippen molar-refractivity contribution in [3.8, 4) is 0 Å². The topological polar surface area (TPSA) is 39.3 Å². The smallest absolute Gasteiger partial charge is 0.0642 e. The number of nitrogens with one attached hydrogen (secondary N) is 3. The Morgan fingerprint density at radius 2 is 1.16 bits per heavy atom. The number of fused-ring (bicyclic) bond motifs is 6. The molecule has 55 heavy (non-hydrogen) atoms. The van der Waals surface area contributed by atoms with Crippen molar-refractivity contribution in [2.75, 3.05) is 0 Å². The van der Waals surface area contributed by atoms with Gasteiger partial charge in [-0.25, -0.2) is 0 Å². The lowest BCUT2D eigenvalue weighted by Gasteiger charge is -2.61. The molecule has 0 radical (unpaired) electrons. The summed E-state index contributed by atoms with van der Waals surface area (Å²) in [5.41, 5.74) is 0.848. The van der Waals surface area contributed by atoms with E-state index in [0.29, 0.717) is 35.7 Å². The zero-order valence-electron chi connectivity index (χ0n) is 36.3. The first-order valence-corrected chi connectivity index (χ1v) is 25.5. The lowest BCUT2D eigenvalue weighted by atomic mass is 9.54. The minimum Gasteiger partial charge on any atom is -0.291 e. The summed E-state index contributed by atoms with van der Waals surface area (Å²) in [6, 6.07) is 1.67. The van der Waals surface area contributed by atoms with Crippen molar-refractivity contribution in [3.05, 3.63) is 12.2 Å². The molecule has 19 unspecified atom stereocenters. The van der Waals surface area contributed by atoms with E-state index in [4.69, 9.17) is 0 Å². The van der Waals surface area contributed by atoms with Crippen LogP contribution in [0.2, 0.25) is 0 Å². The van der Waals surface area contributed by atoms with Crippen LogP contribution >= 0.6 is 0 Å². The molecular weight excluding hydrogens is 669 g/mol. The summed E-state index contributed by atoms with van der Waals surface area (Å²) in [6.07, 6.45) is 44.6. The second kappa shape index (κ2) is 15.9. The summed E-state index contributed by atoms with van der Waals surface area (Å²) in [7, 11) is 0. The van der Waals surface area contributed by atoms with Gasteiger partial charge in [-0.15, -0.1) is 0 Å². The van der Waals surface area contributed by atoms with E-state index in [-0.39, 0.29) is 5.54 Å². The van der Waals surface area contributed by atoms with E-state index in [1.165, 1.54) is 154 Å². The third-order valence-electron chi connectivity index (χ3n) is 20.7. The molecule has 0 aromatic heterocycles. The van der Waals surface area contributed by atoms with E-state index in [2.05, 4.69) is 60.7 Å². The molecule has 10 aliphatic rings. The molecule has 9 fully saturated rings. The molecule has 0 amide bonds. The molecule has 2 saturated heterocycles. The highest BCUT2D eigenvalue weighted by Gasteiger charge is 2.64. The van der Waals surface area contributed by atoms with Gasteiger partial charge in [0.15, 0.2) is 0 Å². The Hall–Kier alpha value is -0.420. The molecular formula is C51H86N4. The number of hydrogen-bond acceptors (Lipinski definition) is 4. The van der Waals surface area contributed by atoms with Crippen LogP contribution in [-0.4, -0.2) is 41.0 Å². The van der Waals surface area contributed by atoms with Gasteiger partial charge in [-0.2, -0.15) is 0 Å². The molecule has 7 saturated carbocycles. The van der Waals surface area contributed by atoms with E-state index in [9.17, 15) is 0 Å². The highest BCUT2D eigenvalue weighted by molar-refractivity contribution is 5.17. The molecule has 310 valence electrons. The lowest BCUT2D eigenvalue weighted by molar-refractivity contribution is -0.110. The Kier molecular flexibility index (Phi) is 11.2. The van der Waals surface area contributed by atoms with E-state index >= 15 is 0 Å². The van der Waals surface area contributed by atoms with Crippen LogP contribution in [0.3, 0.4) is 0 Å². The average molecular weight is 755 g/mol. The Bertz CT molecular complexity index is 1340. The van der Waals surface area contributed by atoms with Gasteiger partial charge < -0.3 is 0 Å². The molecule has 2 heterocycles. The molecule has 0 spiro atoms. The SMILES string of the molecule is CC1CCCC(C2CCC3C4CCC5(C)CCCCC5C4N(C4(C)CCCCC4C4NC(C5CC=CCC5C)NC(C5CCCC6CCCCC65)N4)C3C2)C1. The van der Waals surface area contributed by atoms with Gasteiger partial charge in [-0.3, -0.25) is 20.9 Å². The van der Waals surface area contributed by atoms with Crippen LogP contribution in [0.25, 0.3) is 0 Å². The monoisotopic (exact) mass is 755 g/mol. The van der Waals surface area contributed by atoms with Crippen LogP contribution in [0, 0.1) is 76.4 Å². The van der Waals surface area contributed by atoms with E-state index < -0.39 is 0 Å². The van der Waals surface area contributed by atoms with Gasteiger partial charge in [0.25, 0.3) is 0 Å². The normalized spacial score (nSPS) is 54.8. The fraction of sp³-hybridized carbons (Fsp3) is 0.961. The third kappa shape index (κ3) is 7.01. The Morgan fingerprint density at radius 1 is 0.491 bits per heavy atom. The predicted octanol–water partition coefficient (Wildman–Crippen LogP) is 11.8. The Balaban J connectivity index is 1.01. The molecule has 0 aromatic rings. The van der Waals surface area contributed by atoms with Crippen LogP contribution in [-0.2, 0) is 0 Å². The zero-order chi connectivity index (χ0) is 37.3. The largest absolute Gasteiger partial charge is 0.291 e. The highest BCUT2D eigenvalue weighted by atomic mass is 15.4. The molecule has 4 nitrogen and oxygen atoms in total. The molecule has 4 heteroatoms. The van der Waals surface area contributed by atoms with E-state index in [1.54, 1.807) is 12.8 Å². The van der Waals surface area contributed by atoms with Gasteiger partial charge in [0.1, 0.15) is 0 Å². The number of rotatable bonds is 5. The number of allylic oxidation sites excluding steroid dienone is 2. The molecule has 2 aliphatic heterocycles. The first-order valence-electron chi connectivity index (χ1n) is 25.5. The van der Waals surface area contributed by atoms with Gasteiger partial charge in [-0.05, 0) is 167 Å². The summed E-state index contributed by atoms with van der Waals surface area (Å²) in [4.78, 5) is 3.51. The molecule has 8 aliphatic carbocycles. The molecule has 3 N–H and O–H groups in total. The van der Waals surface area contributed by atoms with Crippen molar-refractivity contribution in [1.29, 1.82) is 0 Å². The van der Waals surface area contributed by atoms with Gasteiger partial charge >= 0.3 is 0 Å². The lowest BCUT2D eigenvalue weighted by Crippen LogP contribution is -2.76. The second-order valence-corrected chi connectivity index (χ2v) is 23.5. The van der Waals surface area contributed by atoms with Crippen LogP contribution in [0.1, 0.15) is 195 Å². The first-order chi connectivity index (χ1) is 26.8. The fourth-order valence-electron chi connectivity index (χ4n) is 17.9. The van der Waals surface area contributed by atoms with Crippen molar-refractivity contribution < 1.29 is 0 Å². The van der Waals surface area contributed by atoms with Gasteiger partial charge in [0, 0.05) is 23.5 Å². The molecule has 0 bridgehead atoms. The minimum atomic E-state index is 0.271. The van der Waals surface area contributed by atoms with Crippen molar-refractivity contribution in [2.45, 2.75) is 231 Å². The summed E-state index contributed by atoms with van der Waals surface area (Å²) < 4.78 is 0. The number of nitrogens with zero attached hydrogens (tertiary/aromatic N) is 1. The van der Waals surface area contributed by atoms with Crippen molar-refractivity contribution in [1.82, 2.24) is 20.9 Å². The van der Waals surface area contributed by atoms with Crippen LogP contribution < -0.4 is 16.0 Å². The second-order valence-electron chi connectivity index (χ2n) is 23.5. The number of likely N-dealkylation sites (tertiary alicyclic amines) is 1. The maximum Gasteiger partial charge on any atom is 0.0642 e. The quantitative estimate of drug-likeness (QED) is 0.244. The molecule has 0 aromatic carbocycles. The molecule has 19 atom stereocenters.